The molecule has 2 aromatic carbocycles. The highest BCUT2D eigenvalue weighted by atomic mass is 35.5. The van der Waals surface area contributed by atoms with Crippen LogP contribution in [-0.2, 0) is 11.3 Å². The van der Waals surface area contributed by atoms with Crippen LogP contribution in [0.3, 0.4) is 0 Å². The van der Waals surface area contributed by atoms with Gasteiger partial charge in [-0.15, -0.1) is 0 Å². The van der Waals surface area contributed by atoms with Crippen molar-refractivity contribution in [3.8, 4) is 0 Å². The summed E-state index contributed by atoms with van der Waals surface area (Å²) in [6.45, 7) is 6.73. The number of carbonyl (C=O) groups is 1. The quantitative estimate of drug-likeness (QED) is 0.733. The maximum absolute atomic E-state index is 13.2. The summed E-state index contributed by atoms with van der Waals surface area (Å²) in [5, 5.41) is 0.792. The molecule has 3 fully saturated rings. The Kier molecular flexibility index (Phi) is 5.46. The van der Waals surface area contributed by atoms with Gasteiger partial charge in [0.1, 0.15) is 0 Å². The van der Waals surface area contributed by atoms with Crippen LogP contribution in [0.5, 0.6) is 0 Å². The molecule has 2 heterocycles. The molecule has 2 aliphatic heterocycles. The summed E-state index contributed by atoms with van der Waals surface area (Å²) in [5.74, 6) is 0.673. The van der Waals surface area contributed by atoms with E-state index in [0.717, 1.165) is 70.1 Å². The van der Waals surface area contributed by atoms with Gasteiger partial charge in [0.05, 0.1) is 0 Å². The molecule has 2 saturated heterocycles. The molecule has 1 atom stereocenters. The average Bonchev–Trinajstić information content (AvgIpc) is 3.50. The van der Waals surface area contributed by atoms with Crippen LogP contribution in [0.15, 0.2) is 54.6 Å². The monoisotopic (exact) mass is 423 g/mol. The lowest BCUT2D eigenvalue weighted by Crippen LogP contribution is -2.50. The minimum absolute atomic E-state index is 0.262. The zero-order valence-corrected chi connectivity index (χ0v) is 18.2. The van der Waals surface area contributed by atoms with Gasteiger partial charge in [-0.3, -0.25) is 9.69 Å². The molecule has 5 heteroatoms. The normalized spacial score (nSPS) is 23.6. The Balaban J connectivity index is 1.10. The predicted octanol–water partition coefficient (Wildman–Crippen LogP) is 4.29. The summed E-state index contributed by atoms with van der Waals surface area (Å²) in [4.78, 5) is 20.2. The number of likely N-dealkylation sites (tertiary alicyclic amines) is 1. The number of hydrogen-bond donors (Lipinski definition) is 0. The number of piperazine rings is 1. The molecule has 1 spiro atoms. The first-order valence-electron chi connectivity index (χ1n) is 11.2. The molecule has 30 heavy (non-hydrogen) atoms. The zero-order valence-electron chi connectivity index (χ0n) is 17.5. The van der Waals surface area contributed by atoms with E-state index in [1.54, 1.807) is 0 Å². The number of carbonyl (C=O) groups excluding carboxylic acids is 1. The van der Waals surface area contributed by atoms with E-state index < -0.39 is 0 Å². The van der Waals surface area contributed by atoms with Crippen LogP contribution < -0.4 is 4.90 Å². The first-order chi connectivity index (χ1) is 14.6. The molecular weight excluding hydrogens is 394 g/mol. The van der Waals surface area contributed by atoms with E-state index in [-0.39, 0.29) is 11.3 Å². The van der Waals surface area contributed by atoms with Crippen molar-refractivity contribution < 1.29 is 4.79 Å². The molecule has 158 valence electrons. The molecule has 1 unspecified atom stereocenters. The second-order valence-electron chi connectivity index (χ2n) is 9.17. The number of benzene rings is 2. The molecular formula is C25H30ClN3O. The first-order valence-corrected chi connectivity index (χ1v) is 11.6. The molecule has 4 nitrogen and oxygen atoms in total. The lowest BCUT2D eigenvalue weighted by molar-refractivity contribution is -0.134. The summed E-state index contributed by atoms with van der Waals surface area (Å²) in [6.07, 6.45) is 3.40. The van der Waals surface area contributed by atoms with Crippen molar-refractivity contribution in [2.24, 2.45) is 11.3 Å². The predicted molar refractivity (Wildman–Crippen MR) is 122 cm³/mol. The van der Waals surface area contributed by atoms with Gasteiger partial charge < -0.3 is 9.80 Å². The molecule has 0 bridgehead atoms. The van der Waals surface area contributed by atoms with Crippen molar-refractivity contribution in [3.63, 3.8) is 0 Å². The Morgan fingerprint density at radius 3 is 2.23 bits per heavy atom. The van der Waals surface area contributed by atoms with E-state index in [1.165, 1.54) is 11.3 Å². The molecule has 0 aromatic heterocycles. The molecule has 0 radical (unpaired) electrons. The highest BCUT2D eigenvalue weighted by molar-refractivity contribution is 6.30. The Labute approximate surface area is 184 Å². The van der Waals surface area contributed by atoms with Gasteiger partial charge in [-0.1, -0.05) is 41.9 Å². The fraction of sp³-hybridized carbons (Fsp3) is 0.480. The van der Waals surface area contributed by atoms with Crippen LogP contribution in [0.2, 0.25) is 5.02 Å². The van der Waals surface area contributed by atoms with E-state index in [2.05, 4.69) is 57.2 Å². The largest absolute Gasteiger partial charge is 0.368 e. The second-order valence-corrected chi connectivity index (χ2v) is 9.61. The van der Waals surface area contributed by atoms with E-state index >= 15 is 0 Å². The van der Waals surface area contributed by atoms with Crippen molar-refractivity contribution in [2.75, 3.05) is 44.2 Å². The number of halogens is 1. The van der Waals surface area contributed by atoms with Crippen LogP contribution in [0.4, 0.5) is 5.69 Å². The fourth-order valence-corrected chi connectivity index (χ4v) is 5.42. The first kappa shape index (κ1) is 19.9. The van der Waals surface area contributed by atoms with Crippen LogP contribution in [0.1, 0.15) is 24.8 Å². The van der Waals surface area contributed by atoms with Gasteiger partial charge in [0.15, 0.2) is 0 Å². The molecule has 2 aromatic rings. The number of para-hydroxylation sites is 1. The zero-order chi connectivity index (χ0) is 20.6. The number of anilines is 1. The molecule has 0 N–H and O–H groups in total. The lowest BCUT2D eigenvalue weighted by atomic mass is 9.90. The molecule has 1 saturated carbocycles. The maximum atomic E-state index is 13.2. The van der Waals surface area contributed by atoms with Crippen molar-refractivity contribution in [1.82, 2.24) is 9.80 Å². The number of rotatable bonds is 4. The van der Waals surface area contributed by atoms with Gasteiger partial charge in [0, 0.05) is 49.4 Å². The third-order valence-electron chi connectivity index (χ3n) is 7.37. The van der Waals surface area contributed by atoms with Gasteiger partial charge in [-0.2, -0.15) is 0 Å². The Morgan fingerprint density at radius 2 is 1.57 bits per heavy atom. The number of hydrogen-bond acceptors (Lipinski definition) is 3. The van der Waals surface area contributed by atoms with Crippen LogP contribution >= 0.6 is 11.6 Å². The second kappa shape index (κ2) is 8.24. The van der Waals surface area contributed by atoms with E-state index in [4.69, 9.17) is 11.6 Å². The van der Waals surface area contributed by atoms with Crippen molar-refractivity contribution >= 4 is 23.2 Å². The van der Waals surface area contributed by atoms with E-state index in [9.17, 15) is 4.79 Å². The summed E-state index contributed by atoms with van der Waals surface area (Å²) >= 11 is 6.00. The van der Waals surface area contributed by atoms with E-state index in [1.807, 2.05) is 12.1 Å². The number of nitrogens with zero attached hydrogens (tertiary/aromatic N) is 3. The molecule has 5 rings (SSSR count). The minimum atomic E-state index is 0.262. The van der Waals surface area contributed by atoms with Gasteiger partial charge in [0.2, 0.25) is 5.91 Å². The Hall–Kier alpha value is -2.04. The average molecular weight is 424 g/mol. The van der Waals surface area contributed by atoms with Gasteiger partial charge >= 0.3 is 0 Å². The summed E-state index contributed by atoms with van der Waals surface area (Å²) in [6, 6.07) is 18.7. The minimum Gasteiger partial charge on any atom is -0.368 e. The van der Waals surface area contributed by atoms with Crippen molar-refractivity contribution in [3.05, 3.63) is 65.2 Å². The van der Waals surface area contributed by atoms with Crippen LogP contribution in [0.25, 0.3) is 0 Å². The van der Waals surface area contributed by atoms with Gasteiger partial charge in [0.25, 0.3) is 0 Å². The van der Waals surface area contributed by atoms with Crippen molar-refractivity contribution in [2.45, 2.75) is 25.8 Å². The van der Waals surface area contributed by atoms with Crippen LogP contribution in [-0.4, -0.2) is 55.0 Å². The Morgan fingerprint density at radius 1 is 0.900 bits per heavy atom. The molecule has 1 aliphatic carbocycles. The lowest BCUT2D eigenvalue weighted by Gasteiger charge is -2.37. The van der Waals surface area contributed by atoms with E-state index in [0.29, 0.717) is 5.91 Å². The Bertz CT molecular complexity index is 869. The highest BCUT2D eigenvalue weighted by Crippen LogP contribution is 2.60. The highest BCUT2D eigenvalue weighted by Gasteiger charge is 2.59. The van der Waals surface area contributed by atoms with Crippen molar-refractivity contribution in [1.29, 1.82) is 0 Å². The maximum Gasteiger partial charge on any atom is 0.226 e. The summed E-state index contributed by atoms with van der Waals surface area (Å²) < 4.78 is 0. The standard InChI is InChI=1S/C25H30ClN3O/c26-21-8-6-20(7-9-21)19-27-12-10-25(11-13-27)18-23(25)24(30)29-16-14-28(15-17-29)22-4-2-1-3-5-22/h1-9,23H,10-19H2. The number of piperidine rings is 1. The third kappa shape index (κ3) is 4.08. The van der Waals surface area contributed by atoms with Gasteiger partial charge in [-0.25, -0.2) is 0 Å². The third-order valence-corrected chi connectivity index (χ3v) is 7.62. The molecule has 1 amide bonds. The summed E-state index contributed by atoms with van der Waals surface area (Å²) in [7, 11) is 0. The van der Waals surface area contributed by atoms with Crippen LogP contribution in [0, 0.1) is 11.3 Å². The SMILES string of the molecule is O=C(C1CC12CCN(Cc1ccc(Cl)cc1)CC2)N1CCN(c2ccccc2)CC1. The number of amides is 1. The molecule has 3 aliphatic rings. The summed E-state index contributed by atoms with van der Waals surface area (Å²) in [5.41, 5.74) is 2.86. The van der Waals surface area contributed by atoms with Gasteiger partial charge in [-0.05, 0) is 67.6 Å². The topological polar surface area (TPSA) is 26.8 Å². The smallest absolute Gasteiger partial charge is 0.226 e. The fourth-order valence-electron chi connectivity index (χ4n) is 5.30.